The number of thiocarbonyl (C=S) groups is 1. The SMILES string of the molecule is CCCN1C(=O)/C(=C\c2cc(C(C)(C)C)c(O)c(C(C)(C)C)c2)C(=O)N(c2ccccc2)C1=S. The van der Waals surface area contributed by atoms with E-state index >= 15 is 0 Å². The van der Waals surface area contributed by atoms with Gasteiger partial charge in [-0.3, -0.25) is 19.4 Å². The number of carbonyl (C=O) groups excluding carboxylic acids is 2. The van der Waals surface area contributed by atoms with E-state index in [9.17, 15) is 14.7 Å². The molecule has 1 saturated heterocycles. The number of hydrogen-bond acceptors (Lipinski definition) is 4. The zero-order valence-corrected chi connectivity index (χ0v) is 21.9. The molecule has 0 spiro atoms. The van der Waals surface area contributed by atoms with Crippen LogP contribution in [0.4, 0.5) is 5.69 Å². The molecular weight excluding hydrogens is 444 g/mol. The monoisotopic (exact) mass is 478 g/mol. The van der Waals surface area contributed by atoms with E-state index in [1.165, 1.54) is 9.80 Å². The predicted octanol–water partition coefficient (Wildman–Crippen LogP) is 5.94. The van der Waals surface area contributed by atoms with Crippen LogP contribution in [0.5, 0.6) is 5.75 Å². The Hall–Kier alpha value is -2.99. The predicted molar refractivity (Wildman–Crippen MR) is 142 cm³/mol. The summed E-state index contributed by atoms with van der Waals surface area (Å²) in [6.45, 7) is 14.6. The van der Waals surface area contributed by atoms with E-state index in [4.69, 9.17) is 12.2 Å². The van der Waals surface area contributed by atoms with Crippen molar-refractivity contribution in [3.8, 4) is 5.75 Å². The van der Waals surface area contributed by atoms with Gasteiger partial charge in [-0.25, -0.2) is 0 Å². The van der Waals surface area contributed by atoms with Gasteiger partial charge in [0.2, 0.25) is 0 Å². The van der Waals surface area contributed by atoms with Crippen molar-refractivity contribution in [2.24, 2.45) is 0 Å². The number of hydrogen-bond donors (Lipinski definition) is 1. The zero-order chi connectivity index (χ0) is 25.4. The van der Waals surface area contributed by atoms with Crippen molar-refractivity contribution in [2.45, 2.75) is 65.7 Å². The minimum atomic E-state index is -0.448. The first kappa shape index (κ1) is 25.6. The normalized spacial score (nSPS) is 16.6. The first-order valence-corrected chi connectivity index (χ1v) is 12.0. The lowest BCUT2D eigenvalue weighted by molar-refractivity contribution is -0.127. The fraction of sp³-hybridized carbons (Fsp3) is 0.393. The number of phenols is 1. The second-order valence-electron chi connectivity index (χ2n) is 10.7. The van der Waals surface area contributed by atoms with Gasteiger partial charge in [0.1, 0.15) is 11.3 Å². The summed E-state index contributed by atoms with van der Waals surface area (Å²) in [4.78, 5) is 29.9. The number of para-hydroxylation sites is 1. The summed E-state index contributed by atoms with van der Waals surface area (Å²) in [7, 11) is 0. The number of carbonyl (C=O) groups is 2. The lowest BCUT2D eigenvalue weighted by Gasteiger charge is -2.36. The molecule has 180 valence electrons. The Balaban J connectivity index is 2.23. The van der Waals surface area contributed by atoms with E-state index in [-0.39, 0.29) is 27.3 Å². The molecule has 2 aromatic rings. The molecule has 1 aliphatic rings. The van der Waals surface area contributed by atoms with Crippen LogP contribution < -0.4 is 4.90 Å². The molecule has 0 aromatic heterocycles. The summed E-state index contributed by atoms with van der Waals surface area (Å²) in [6, 6.07) is 12.9. The molecule has 6 heteroatoms. The molecule has 0 saturated carbocycles. The average Bonchev–Trinajstić information content (AvgIpc) is 2.74. The Labute approximate surface area is 208 Å². The number of phenolic OH excluding ortho intramolecular Hbond substituents is 1. The first-order chi connectivity index (χ1) is 15.8. The molecule has 0 radical (unpaired) electrons. The zero-order valence-electron chi connectivity index (χ0n) is 21.1. The smallest absolute Gasteiger partial charge is 0.270 e. The van der Waals surface area contributed by atoms with E-state index in [0.717, 1.165) is 11.1 Å². The van der Waals surface area contributed by atoms with Gasteiger partial charge in [-0.1, -0.05) is 66.7 Å². The third-order valence-electron chi connectivity index (χ3n) is 5.85. The highest BCUT2D eigenvalue weighted by Gasteiger charge is 2.40. The van der Waals surface area contributed by atoms with Gasteiger partial charge >= 0.3 is 0 Å². The van der Waals surface area contributed by atoms with Crippen molar-refractivity contribution in [1.82, 2.24) is 4.90 Å². The molecule has 0 aliphatic carbocycles. The van der Waals surface area contributed by atoms with Gasteiger partial charge in [-0.2, -0.15) is 0 Å². The van der Waals surface area contributed by atoms with Crippen LogP contribution >= 0.6 is 12.2 Å². The average molecular weight is 479 g/mol. The quantitative estimate of drug-likeness (QED) is 0.336. The number of nitrogens with zero attached hydrogens (tertiary/aromatic N) is 2. The highest BCUT2D eigenvalue weighted by atomic mass is 32.1. The third-order valence-corrected chi connectivity index (χ3v) is 6.26. The molecule has 5 nitrogen and oxygen atoms in total. The topological polar surface area (TPSA) is 60.9 Å². The molecule has 1 fully saturated rings. The summed E-state index contributed by atoms with van der Waals surface area (Å²) < 4.78 is 0. The third kappa shape index (κ3) is 4.92. The van der Waals surface area contributed by atoms with Crippen LogP contribution in [0, 0.1) is 0 Å². The molecule has 2 amide bonds. The van der Waals surface area contributed by atoms with Crippen molar-refractivity contribution < 1.29 is 14.7 Å². The summed E-state index contributed by atoms with van der Waals surface area (Å²) >= 11 is 5.57. The summed E-state index contributed by atoms with van der Waals surface area (Å²) in [6.07, 6.45) is 2.34. The maximum Gasteiger partial charge on any atom is 0.270 e. The van der Waals surface area contributed by atoms with Gasteiger partial charge < -0.3 is 5.11 Å². The molecular formula is C28H34N2O3S. The molecule has 1 aliphatic heterocycles. The first-order valence-electron chi connectivity index (χ1n) is 11.6. The lowest BCUT2D eigenvalue weighted by Crippen LogP contribution is -2.56. The summed E-state index contributed by atoms with van der Waals surface area (Å²) in [5.41, 5.74) is 2.24. The van der Waals surface area contributed by atoms with Crippen LogP contribution in [-0.2, 0) is 20.4 Å². The van der Waals surface area contributed by atoms with Crippen molar-refractivity contribution in [3.63, 3.8) is 0 Å². The van der Waals surface area contributed by atoms with Crippen LogP contribution in [0.1, 0.15) is 71.6 Å². The van der Waals surface area contributed by atoms with Gasteiger partial charge in [0.25, 0.3) is 11.8 Å². The Morgan fingerprint density at radius 2 is 1.44 bits per heavy atom. The van der Waals surface area contributed by atoms with Crippen LogP contribution in [0.3, 0.4) is 0 Å². The van der Waals surface area contributed by atoms with Gasteiger partial charge in [-0.05, 0) is 65.4 Å². The van der Waals surface area contributed by atoms with E-state index in [2.05, 4.69) is 0 Å². The Kier molecular flexibility index (Phi) is 7.04. The summed E-state index contributed by atoms with van der Waals surface area (Å²) in [5, 5.41) is 11.2. The second-order valence-corrected chi connectivity index (χ2v) is 11.1. The number of amides is 2. The standard InChI is InChI=1S/C28H34N2O3S/c1-8-14-29-24(32)20(25(33)30(26(29)34)19-12-10-9-11-13-19)15-18-16-21(27(2,3)4)23(31)22(17-18)28(5,6)7/h9-13,15-17,31H,8,14H2,1-7H3/b20-15+. The van der Waals surface area contributed by atoms with Crippen LogP contribution in [0.15, 0.2) is 48.0 Å². The largest absolute Gasteiger partial charge is 0.507 e. The Morgan fingerprint density at radius 3 is 1.91 bits per heavy atom. The summed E-state index contributed by atoms with van der Waals surface area (Å²) in [5.74, 6) is -0.592. The highest BCUT2D eigenvalue weighted by Crippen LogP contribution is 2.40. The highest BCUT2D eigenvalue weighted by molar-refractivity contribution is 7.80. The Morgan fingerprint density at radius 1 is 0.912 bits per heavy atom. The minimum Gasteiger partial charge on any atom is -0.507 e. The second kappa shape index (κ2) is 9.34. The Bertz CT molecular complexity index is 1120. The van der Waals surface area contributed by atoms with Crippen LogP contribution in [0.25, 0.3) is 6.08 Å². The molecule has 3 rings (SSSR count). The lowest BCUT2D eigenvalue weighted by atomic mass is 9.78. The van der Waals surface area contributed by atoms with Crippen LogP contribution in [0.2, 0.25) is 0 Å². The van der Waals surface area contributed by atoms with Gasteiger partial charge in [0, 0.05) is 17.7 Å². The van der Waals surface area contributed by atoms with Crippen molar-refractivity contribution >= 4 is 40.9 Å². The van der Waals surface area contributed by atoms with Gasteiger partial charge in [-0.15, -0.1) is 0 Å². The molecule has 0 unspecified atom stereocenters. The molecule has 0 bridgehead atoms. The number of rotatable bonds is 4. The number of aromatic hydroxyl groups is 1. The van der Waals surface area contributed by atoms with E-state index in [1.54, 1.807) is 18.2 Å². The van der Waals surface area contributed by atoms with Gasteiger partial charge in [0.05, 0.1) is 5.69 Å². The van der Waals surface area contributed by atoms with Crippen molar-refractivity contribution in [1.29, 1.82) is 0 Å². The molecule has 1 N–H and O–H groups in total. The maximum absolute atomic E-state index is 13.6. The van der Waals surface area contributed by atoms with E-state index in [1.807, 2.05) is 78.8 Å². The molecule has 34 heavy (non-hydrogen) atoms. The van der Waals surface area contributed by atoms with E-state index in [0.29, 0.717) is 24.2 Å². The van der Waals surface area contributed by atoms with E-state index < -0.39 is 11.8 Å². The minimum absolute atomic E-state index is 0.0521. The molecule has 1 heterocycles. The fourth-order valence-electron chi connectivity index (χ4n) is 4.05. The number of benzene rings is 2. The number of anilines is 1. The van der Waals surface area contributed by atoms with Crippen LogP contribution in [-0.4, -0.2) is 33.5 Å². The van der Waals surface area contributed by atoms with Gasteiger partial charge in [0.15, 0.2) is 5.11 Å². The maximum atomic E-state index is 13.6. The fourth-order valence-corrected chi connectivity index (χ4v) is 4.41. The molecule has 0 atom stereocenters. The molecule has 2 aromatic carbocycles. The van der Waals surface area contributed by atoms with Crippen molar-refractivity contribution in [2.75, 3.05) is 11.4 Å². The van der Waals surface area contributed by atoms with Crippen molar-refractivity contribution in [3.05, 3.63) is 64.7 Å².